The first-order chi connectivity index (χ1) is 13.9. The topological polar surface area (TPSA) is 74.5 Å². The summed E-state index contributed by atoms with van der Waals surface area (Å²) in [5, 5.41) is 13.0. The Balaban J connectivity index is 1.66. The van der Waals surface area contributed by atoms with E-state index in [1.54, 1.807) is 4.90 Å². The van der Waals surface area contributed by atoms with Crippen LogP contribution in [0.1, 0.15) is 16.2 Å². The van der Waals surface area contributed by atoms with Crippen LogP contribution in [0.3, 0.4) is 0 Å². The molecule has 1 aliphatic rings. The Morgan fingerprint density at radius 2 is 1.66 bits per heavy atom. The number of carbonyl (C=O) groups excluding carboxylic acids is 1. The molecule has 2 aromatic carbocycles. The SMILES string of the molecule is Cc1c(C(=O)N2CCN(c3ccccc3)CC2)[n+](=O)c2cc(Cl)c(Cl)cc2n1[O-]. The zero-order valence-electron chi connectivity index (χ0n) is 15.6. The van der Waals surface area contributed by atoms with Crippen LogP contribution in [0.5, 0.6) is 0 Å². The number of nitrogens with zero attached hydrogens (tertiary/aromatic N) is 4. The lowest BCUT2D eigenvalue weighted by Crippen LogP contribution is -2.50. The molecule has 1 amide bonds. The van der Waals surface area contributed by atoms with Gasteiger partial charge in [-0.3, -0.25) is 4.79 Å². The van der Waals surface area contributed by atoms with Gasteiger partial charge in [-0.05, 0) is 25.1 Å². The summed E-state index contributed by atoms with van der Waals surface area (Å²) < 4.78 is 1.03. The van der Waals surface area contributed by atoms with Gasteiger partial charge in [0.2, 0.25) is 0 Å². The second-order valence-electron chi connectivity index (χ2n) is 6.89. The molecule has 0 bridgehead atoms. The highest BCUT2D eigenvalue weighted by molar-refractivity contribution is 6.42. The molecule has 0 atom stereocenters. The first-order valence-electron chi connectivity index (χ1n) is 9.12. The Morgan fingerprint density at radius 3 is 2.31 bits per heavy atom. The fourth-order valence-electron chi connectivity index (χ4n) is 3.59. The van der Waals surface area contributed by atoms with Crippen LogP contribution >= 0.6 is 23.2 Å². The largest absolute Gasteiger partial charge is 0.805 e. The highest BCUT2D eigenvalue weighted by Gasteiger charge is 2.33. The van der Waals surface area contributed by atoms with Crippen molar-refractivity contribution >= 4 is 45.8 Å². The summed E-state index contributed by atoms with van der Waals surface area (Å²) in [6.45, 7) is 3.63. The maximum atomic E-state index is 13.1. The number of benzene rings is 2. The highest BCUT2D eigenvalue weighted by Crippen LogP contribution is 2.27. The van der Waals surface area contributed by atoms with Gasteiger partial charge in [-0.2, -0.15) is 0 Å². The summed E-state index contributed by atoms with van der Waals surface area (Å²) in [6.07, 6.45) is 0. The number of anilines is 1. The number of para-hydroxylation sites is 1. The molecule has 1 aliphatic heterocycles. The van der Waals surface area contributed by atoms with Crippen LogP contribution in [-0.4, -0.2) is 41.7 Å². The summed E-state index contributed by atoms with van der Waals surface area (Å²) in [5.41, 5.74) is 0.994. The molecule has 0 N–H and O–H groups in total. The fraction of sp³-hybridized carbons (Fsp3) is 0.250. The van der Waals surface area contributed by atoms with Crippen molar-refractivity contribution in [3.8, 4) is 0 Å². The highest BCUT2D eigenvalue weighted by atomic mass is 35.5. The van der Waals surface area contributed by atoms with Gasteiger partial charge in [-0.25, -0.2) is 0 Å². The Morgan fingerprint density at radius 1 is 1.03 bits per heavy atom. The molecule has 9 heteroatoms. The maximum absolute atomic E-state index is 13.1. The lowest BCUT2D eigenvalue weighted by molar-refractivity contribution is -0.469. The average molecular weight is 433 g/mol. The molecule has 7 nitrogen and oxygen atoms in total. The molecular weight excluding hydrogens is 415 g/mol. The van der Waals surface area contributed by atoms with Crippen LogP contribution in [0.4, 0.5) is 5.69 Å². The van der Waals surface area contributed by atoms with Gasteiger partial charge in [-0.1, -0.05) is 41.4 Å². The molecule has 0 unspecified atom stereocenters. The lowest BCUT2D eigenvalue weighted by Gasteiger charge is -2.35. The van der Waals surface area contributed by atoms with Gasteiger partial charge in [0.1, 0.15) is 5.52 Å². The number of hydrogen-bond donors (Lipinski definition) is 0. The number of halogens is 2. The van der Waals surface area contributed by atoms with E-state index >= 15 is 0 Å². The van der Waals surface area contributed by atoms with Gasteiger partial charge in [0, 0.05) is 42.8 Å². The van der Waals surface area contributed by atoms with Crippen LogP contribution in [-0.2, 0) is 0 Å². The molecular formula is C20H18Cl2N4O3. The van der Waals surface area contributed by atoms with Crippen LogP contribution in [0.2, 0.25) is 10.0 Å². The molecule has 1 fully saturated rings. The Hall–Kier alpha value is -2.77. The molecule has 3 aromatic rings. The van der Waals surface area contributed by atoms with Crippen molar-refractivity contribution in [3.63, 3.8) is 0 Å². The molecule has 0 aliphatic carbocycles. The first-order valence-corrected chi connectivity index (χ1v) is 9.88. The van der Waals surface area contributed by atoms with E-state index in [2.05, 4.69) is 4.90 Å². The molecule has 2 heterocycles. The van der Waals surface area contributed by atoms with E-state index < -0.39 is 5.91 Å². The minimum atomic E-state index is -0.470. The van der Waals surface area contributed by atoms with E-state index in [1.165, 1.54) is 19.1 Å². The van der Waals surface area contributed by atoms with Crippen LogP contribution < -0.4 is 9.33 Å². The zero-order valence-corrected chi connectivity index (χ0v) is 17.2. The molecule has 0 radical (unpaired) electrons. The number of piperazine rings is 1. The van der Waals surface area contributed by atoms with Crippen LogP contribution in [0.25, 0.3) is 11.0 Å². The van der Waals surface area contributed by atoms with Gasteiger partial charge >= 0.3 is 11.6 Å². The molecule has 1 aromatic heterocycles. The lowest BCUT2D eigenvalue weighted by atomic mass is 10.2. The number of carbonyl (C=O) groups is 1. The summed E-state index contributed by atoms with van der Waals surface area (Å²) in [5.74, 6) is -0.470. The quantitative estimate of drug-likeness (QED) is 0.580. The van der Waals surface area contributed by atoms with Gasteiger partial charge in [-0.15, -0.1) is 0 Å². The Bertz CT molecular complexity index is 1160. The maximum Gasteiger partial charge on any atom is 0.346 e. The van der Waals surface area contributed by atoms with E-state index in [0.29, 0.717) is 35.3 Å². The van der Waals surface area contributed by atoms with Crippen molar-refractivity contribution in [2.45, 2.75) is 6.92 Å². The number of fused-ring (bicyclic) bond motifs is 1. The van der Waals surface area contributed by atoms with Crippen molar-refractivity contribution in [1.82, 2.24) is 9.63 Å². The summed E-state index contributed by atoms with van der Waals surface area (Å²) >= 11 is 12.0. The number of aromatic nitrogens is 2. The molecule has 1 saturated heterocycles. The van der Waals surface area contributed by atoms with E-state index in [0.717, 1.165) is 5.69 Å². The predicted molar refractivity (Wildman–Crippen MR) is 113 cm³/mol. The third-order valence-corrected chi connectivity index (χ3v) is 5.92. The molecule has 0 saturated carbocycles. The molecule has 29 heavy (non-hydrogen) atoms. The van der Waals surface area contributed by atoms with Crippen molar-refractivity contribution in [3.05, 3.63) is 74.0 Å². The number of hydrogen-bond acceptors (Lipinski definition) is 4. The average Bonchev–Trinajstić information content (AvgIpc) is 2.74. The van der Waals surface area contributed by atoms with Crippen LogP contribution in [0, 0.1) is 17.0 Å². The molecule has 150 valence electrons. The summed E-state index contributed by atoms with van der Waals surface area (Å²) in [4.78, 5) is 29.8. The Kier molecular flexibility index (Phi) is 5.10. The van der Waals surface area contributed by atoms with Gasteiger partial charge < -0.3 is 19.7 Å². The zero-order chi connectivity index (χ0) is 20.7. The van der Waals surface area contributed by atoms with Crippen molar-refractivity contribution in [2.75, 3.05) is 31.1 Å². The third kappa shape index (κ3) is 3.41. The minimum absolute atomic E-state index is 0.00581. The van der Waals surface area contributed by atoms with Crippen molar-refractivity contribution < 1.29 is 9.22 Å². The minimum Gasteiger partial charge on any atom is -0.805 e. The van der Waals surface area contributed by atoms with Crippen molar-refractivity contribution in [1.29, 1.82) is 0 Å². The second-order valence-corrected chi connectivity index (χ2v) is 7.71. The monoisotopic (exact) mass is 432 g/mol. The van der Waals surface area contributed by atoms with E-state index in [-0.39, 0.29) is 32.5 Å². The second kappa shape index (κ2) is 7.57. The van der Waals surface area contributed by atoms with E-state index in [9.17, 15) is 14.9 Å². The first kappa shape index (κ1) is 19.5. The number of rotatable bonds is 2. The van der Waals surface area contributed by atoms with Crippen molar-refractivity contribution in [2.24, 2.45) is 0 Å². The third-order valence-electron chi connectivity index (χ3n) is 5.20. The van der Waals surface area contributed by atoms with Gasteiger partial charge in [0.15, 0.2) is 0 Å². The van der Waals surface area contributed by atoms with Gasteiger partial charge in [0.05, 0.1) is 20.2 Å². The van der Waals surface area contributed by atoms with E-state index in [4.69, 9.17) is 23.2 Å². The fourth-order valence-corrected chi connectivity index (χ4v) is 3.91. The van der Waals surface area contributed by atoms with Gasteiger partial charge in [0.25, 0.3) is 5.52 Å². The van der Waals surface area contributed by atoms with E-state index in [1.807, 2.05) is 30.3 Å². The van der Waals surface area contributed by atoms with Crippen LogP contribution in [0.15, 0.2) is 42.5 Å². The predicted octanol–water partition coefficient (Wildman–Crippen LogP) is 3.48. The smallest absolute Gasteiger partial charge is 0.346 e. The number of amides is 1. The Labute approximate surface area is 176 Å². The summed E-state index contributed by atoms with van der Waals surface area (Å²) in [7, 11) is 0. The molecule has 4 rings (SSSR count). The normalized spacial score (nSPS) is 14.4. The summed E-state index contributed by atoms with van der Waals surface area (Å²) in [6, 6.07) is 12.6. The standard InChI is InChI=1S/C20H18Cl2N4O3/c1-13-19(26(29)18-12-16(22)15(21)11-17(18)25(13)28)20(27)24-9-7-23(8-10-24)14-5-3-2-4-6-14/h2-6,11-12H,7-10H2,1H3. The molecule has 0 spiro atoms.